The van der Waals surface area contributed by atoms with Gasteiger partial charge >= 0.3 is 0 Å². The van der Waals surface area contributed by atoms with Gasteiger partial charge in [-0.25, -0.2) is 9.97 Å². The summed E-state index contributed by atoms with van der Waals surface area (Å²) in [5.74, 6) is 0.711. The van der Waals surface area contributed by atoms with E-state index >= 15 is 0 Å². The van der Waals surface area contributed by atoms with Gasteiger partial charge in [0.2, 0.25) is 0 Å². The Morgan fingerprint density at radius 3 is 1.55 bits per heavy atom. The second-order valence-electron chi connectivity index (χ2n) is 13.8. The quantitative estimate of drug-likeness (QED) is 0.172. The van der Waals surface area contributed by atoms with Crippen LogP contribution in [0, 0.1) is 0 Å². The van der Waals surface area contributed by atoms with Crippen molar-refractivity contribution in [1.82, 2.24) is 9.97 Å². The molecule has 246 valence electrons. The highest BCUT2D eigenvalue weighted by atomic mass is 32.1. The molecule has 0 radical (unpaired) electrons. The number of nitrogens with zero attached hydrogens (tertiary/aromatic N) is 2. The molecule has 0 amide bonds. The minimum Gasteiger partial charge on any atom is -0.228 e. The van der Waals surface area contributed by atoms with E-state index in [0.29, 0.717) is 5.82 Å². The largest absolute Gasteiger partial charge is 0.228 e. The Bertz CT molecular complexity index is 3130. The minimum atomic E-state index is 0.711. The maximum atomic E-state index is 5.17. The number of benzene rings is 9. The lowest BCUT2D eigenvalue weighted by molar-refractivity contribution is 1.18. The molecular formula is C50H30N2S. The topological polar surface area (TPSA) is 25.8 Å². The molecular weight excluding hydrogens is 661 g/mol. The summed E-state index contributed by atoms with van der Waals surface area (Å²) < 4.78 is 2.67. The van der Waals surface area contributed by atoms with Crippen molar-refractivity contribution in [2.75, 3.05) is 0 Å². The van der Waals surface area contributed by atoms with E-state index in [9.17, 15) is 0 Å². The zero-order chi connectivity index (χ0) is 34.9. The van der Waals surface area contributed by atoms with Crippen LogP contribution >= 0.6 is 11.3 Å². The summed E-state index contributed by atoms with van der Waals surface area (Å²) in [7, 11) is 0. The highest BCUT2D eigenvalue weighted by molar-refractivity contribution is 7.26. The Hall–Kier alpha value is -6.68. The van der Waals surface area contributed by atoms with Crippen molar-refractivity contribution in [1.29, 1.82) is 0 Å². The van der Waals surface area contributed by atoms with Crippen LogP contribution < -0.4 is 0 Å². The highest BCUT2D eigenvalue weighted by Crippen LogP contribution is 2.42. The average molecular weight is 691 g/mol. The van der Waals surface area contributed by atoms with Gasteiger partial charge in [-0.1, -0.05) is 146 Å². The van der Waals surface area contributed by atoms with E-state index in [1.165, 1.54) is 68.8 Å². The summed E-state index contributed by atoms with van der Waals surface area (Å²) in [5.41, 5.74) is 7.29. The Morgan fingerprint density at radius 1 is 0.302 bits per heavy atom. The second-order valence-corrected chi connectivity index (χ2v) is 14.9. The Kier molecular flexibility index (Phi) is 6.76. The number of hydrogen-bond donors (Lipinski definition) is 0. The first-order chi connectivity index (χ1) is 26.2. The number of fused-ring (bicyclic) bond motifs is 9. The predicted octanol–water partition coefficient (Wildman–Crippen LogP) is 14.1. The van der Waals surface area contributed by atoms with E-state index in [1.54, 1.807) is 0 Å². The molecule has 0 N–H and O–H groups in total. The molecule has 0 atom stereocenters. The Balaban J connectivity index is 1.01. The molecule has 0 bridgehead atoms. The van der Waals surface area contributed by atoms with Crippen LogP contribution in [0.4, 0.5) is 0 Å². The molecule has 3 heteroatoms. The van der Waals surface area contributed by atoms with E-state index in [0.717, 1.165) is 33.6 Å². The molecule has 0 fully saturated rings. The fourth-order valence-electron chi connectivity index (χ4n) is 7.93. The van der Waals surface area contributed by atoms with Crippen molar-refractivity contribution in [3.05, 3.63) is 182 Å². The zero-order valence-electron chi connectivity index (χ0n) is 28.6. The minimum absolute atomic E-state index is 0.711. The molecule has 11 rings (SSSR count). The molecule has 11 aromatic rings. The SMILES string of the molecule is c1ccc2cc(-c3cc(-c4ccc5ccccc5c4)nc(-c4ccc(-c5ccc6c(ccc7ccc8sc9ccccc9c8c76)c5)cc4)n3)ccc2c1. The van der Waals surface area contributed by atoms with Crippen LogP contribution in [0.2, 0.25) is 0 Å². The Morgan fingerprint density at radius 2 is 0.830 bits per heavy atom. The first-order valence-electron chi connectivity index (χ1n) is 18.0. The normalized spacial score (nSPS) is 11.8. The van der Waals surface area contributed by atoms with E-state index in [-0.39, 0.29) is 0 Å². The molecule has 0 aliphatic carbocycles. The molecule has 0 spiro atoms. The molecule has 0 saturated heterocycles. The summed E-state index contributed by atoms with van der Waals surface area (Å²) in [4.78, 5) is 10.3. The maximum Gasteiger partial charge on any atom is 0.160 e. The van der Waals surface area contributed by atoms with Crippen LogP contribution in [0.15, 0.2) is 182 Å². The van der Waals surface area contributed by atoms with Gasteiger partial charge in [-0.05, 0) is 90.6 Å². The molecule has 0 unspecified atom stereocenters. The maximum absolute atomic E-state index is 5.17. The summed E-state index contributed by atoms with van der Waals surface area (Å²) in [6.07, 6.45) is 0. The predicted molar refractivity (Wildman–Crippen MR) is 227 cm³/mol. The lowest BCUT2D eigenvalue weighted by atomic mass is 9.94. The third-order valence-corrected chi connectivity index (χ3v) is 11.8. The van der Waals surface area contributed by atoms with E-state index < -0.39 is 0 Å². The van der Waals surface area contributed by atoms with Gasteiger partial charge in [-0.3, -0.25) is 0 Å². The molecule has 9 aromatic carbocycles. The highest BCUT2D eigenvalue weighted by Gasteiger charge is 2.14. The van der Waals surface area contributed by atoms with Gasteiger partial charge < -0.3 is 0 Å². The van der Waals surface area contributed by atoms with Crippen LogP contribution in [-0.2, 0) is 0 Å². The van der Waals surface area contributed by atoms with Crippen molar-refractivity contribution in [3.63, 3.8) is 0 Å². The smallest absolute Gasteiger partial charge is 0.160 e. The molecule has 53 heavy (non-hydrogen) atoms. The van der Waals surface area contributed by atoms with Crippen LogP contribution in [0.5, 0.6) is 0 Å². The lowest BCUT2D eigenvalue weighted by Crippen LogP contribution is -1.96. The summed E-state index contributed by atoms with van der Waals surface area (Å²) in [6.45, 7) is 0. The Labute approximate surface area is 310 Å². The van der Waals surface area contributed by atoms with Crippen LogP contribution in [0.3, 0.4) is 0 Å². The lowest BCUT2D eigenvalue weighted by Gasteiger charge is -2.12. The summed E-state index contributed by atoms with van der Waals surface area (Å²) in [6, 6.07) is 65.6. The van der Waals surface area contributed by atoms with E-state index in [2.05, 4.69) is 182 Å². The van der Waals surface area contributed by atoms with Crippen molar-refractivity contribution in [2.45, 2.75) is 0 Å². The first-order valence-corrected chi connectivity index (χ1v) is 18.8. The molecule has 2 aromatic heterocycles. The molecule has 2 heterocycles. The van der Waals surface area contributed by atoms with Crippen molar-refractivity contribution >= 4 is 74.6 Å². The number of hydrogen-bond acceptors (Lipinski definition) is 3. The number of rotatable bonds is 4. The van der Waals surface area contributed by atoms with Gasteiger partial charge in [-0.2, -0.15) is 0 Å². The van der Waals surface area contributed by atoms with Crippen molar-refractivity contribution in [3.8, 4) is 45.0 Å². The molecule has 0 aliphatic heterocycles. The third-order valence-electron chi connectivity index (χ3n) is 10.6. The monoisotopic (exact) mass is 690 g/mol. The van der Waals surface area contributed by atoms with Gasteiger partial charge in [0, 0.05) is 36.9 Å². The standard InChI is InChI=1S/C50H30N2S/c1-3-9-36-28-40(21-15-31(36)7-1)44-30-45(41-22-16-32-8-2-4-10-37(32)29-41)52-50(51-44)35-18-13-33(14-19-35)38-23-25-42-39(27-38)20-17-34-24-26-47-49(48(34)42)43-11-5-6-12-46(43)53-47/h1-30H. The second kappa shape index (κ2) is 11.9. The van der Waals surface area contributed by atoms with Gasteiger partial charge in [0.1, 0.15) is 0 Å². The first kappa shape index (κ1) is 30.0. The summed E-state index contributed by atoms with van der Waals surface area (Å²) >= 11 is 1.87. The molecule has 0 aliphatic rings. The van der Waals surface area contributed by atoms with Crippen molar-refractivity contribution < 1.29 is 0 Å². The third kappa shape index (κ3) is 5.09. The fraction of sp³-hybridized carbons (Fsp3) is 0. The number of aromatic nitrogens is 2. The van der Waals surface area contributed by atoms with E-state index in [1.807, 2.05) is 11.3 Å². The molecule has 2 nitrogen and oxygen atoms in total. The van der Waals surface area contributed by atoms with E-state index in [4.69, 9.17) is 9.97 Å². The summed E-state index contributed by atoms with van der Waals surface area (Å²) in [5, 5.41) is 12.7. The van der Waals surface area contributed by atoms with Crippen LogP contribution in [0.25, 0.3) is 108 Å². The molecule has 0 saturated carbocycles. The average Bonchev–Trinajstić information content (AvgIpc) is 3.62. The van der Waals surface area contributed by atoms with Gasteiger partial charge in [0.15, 0.2) is 5.82 Å². The van der Waals surface area contributed by atoms with Crippen LogP contribution in [-0.4, -0.2) is 9.97 Å². The van der Waals surface area contributed by atoms with Crippen molar-refractivity contribution in [2.24, 2.45) is 0 Å². The van der Waals surface area contributed by atoms with Crippen LogP contribution in [0.1, 0.15) is 0 Å². The fourth-order valence-corrected chi connectivity index (χ4v) is 9.04. The number of thiophene rings is 1. The van der Waals surface area contributed by atoms with Gasteiger partial charge in [0.05, 0.1) is 11.4 Å². The van der Waals surface area contributed by atoms with Gasteiger partial charge in [0.25, 0.3) is 0 Å². The zero-order valence-corrected chi connectivity index (χ0v) is 29.4. The van der Waals surface area contributed by atoms with Gasteiger partial charge in [-0.15, -0.1) is 11.3 Å².